The minimum Gasteiger partial charge on any atom is -0.361 e. The van der Waals surface area contributed by atoms with Crippen molar-refractivity contribution in [3.63, 3.8) is 0 Å². The van der Waals surface area contributed by atoms with Crippen molar-refractivity contribution in [3.8, 4) is 0 Å². The number of nitrogens with zero attached hydrogens (tertiary/aromatic N) is 2. The largest absolute Gasteiger partial charge is 0.361 e. The Labute approximate surface area is 82.0 Å². The molecule has 0 radical (unpaired) electrons. The molecule has 1 rings (SSSR count). The second-order valence-electron chi connectivity index (χ2n) is 4.28. The molecule has 1 unspecified atom stereocenters. The molecule has 1 aliphatic rings. The minimum atomic E-state index is 0.543. The van der Waals surface area contributed by atoms with Crippen molar-refractivity contribution < 1.29 is 0 Å². The van der Waals surface area contributed by atoms with E-state index in [2.05, 4.69) is 30.7 Å². The lowest BCUT2D eigenvalue weighted by Crippen LogP contribution is -2.26. The van der Waals surface area contributed by atoms with Crippen LogP contribution in [0.2, 0.25) is 0 Å². The Morgan fingerprint density at radius 3 is 2.77 bits per heavy atom. The number of aliphatic imine (C=N–C) groups is 1. The van der Waals surface area contributed by atoms with Crippen LogP contribution in [0.3, 0.4) is 0 Å². The van der Waals surface area contributed by atoms with Gasteiger partial charge in [0.15, 0.2) is 0 Å². The van der Waals surface area contributed by atoms with Gasteiger partial charge in [-0.25, -0.2) is 0 Å². The Bertz CT molecular complexity index is 163. The van der Waals surface area contributed by atoms with Crippen molar-refractivity contribution in [2.75, 3.05) is 13.1 Å². The van der Waals surface area contributed by atoms with Crippen LogP contribution in [0.15, 0.2) is 4.99 Å². The fourth-order valence-corrected chi connectivity index (χ4v) is 1.61. The van der Waals surface area contributed by atoms with Crippen molar-refractivity contribution in [1.29, 1.82) is 0 Å². The maximum Gasteiger partial charge on any atom is 0.0854 e. The predicted octanol–water partition coefficient (Wildman–Crippen LogP) is 2.55. The van der Waals surface area contributed by atoms with Gasteiger partial charge in [-0.2, -0.15) is 0 Å². The molecular formula is C11H22N2. The average Bonchev–Trinajstić information content (AvgIpc) is 2.53. The van der Waals surface area contributed by atoms with Crippen molar-refractivity contribution in [2.45, 2.75) is 46.1 Å². The molecule has 1 atom stereocenters. The maximum absolute atomic E-state index is 4.50. The van der Waals surface area contributed by atoms with Gasteiger partial charge in [0.2, 0.25) is 0 Å². The summed E-state index contributed by atoms with van der Waals surface area (Å²) in [7, 11) is 0. The molecule has 2 heteroatoms. The summed E-state index contributed by atoms with van der Waals surface area (Å²) in [6, 6.07) is 0.543. The van der Waals surface area contributed by atoms with E-state index in [9.17, 15) is 0 Å². The molecule has 0 saturated carbocycles. The zero-order chi connectivity index (χ0) is 9.68. The third kappa shape index (κ3) is 3.37. The Morgan fingerprint density at radius 2 is 2.23 bits per heavy atom. The standard InChI is InChI=1S/C11H22N2/c1-4-5-6-7-13-8-11(10(2)3)12-9-13/h9-11H,4-8H2,1-3H3. The highest BCUT2D eigenvalue weighted by molar-refractivity contribution is 5.57. The normalized spacial score (nSPS) is 21.8. The topological polar surface area (TPSA) is 15.6 Å². The van der Waals surface area contributed by atoms with Crippen LogP contribution in [-0.4, -0.2) is 30.4 Å². The lowest BCUT2D eigenvalue weighted by molar-refractivity contribution is 0.378. The highest BCUT2D eigenvalue weighted by atomic mass is 15.2. The van der Waals surface area contributed by atoms with Gasteiger partial charge >= 0.3 is 0 Å². The summed E-state index contributed by atoms with van der Waals surface area (Å²) >= 11 is 0. The van der Waals surface area contributed by atoms with Crippen LogP contribution in [-0.2, 0) is 0 Å². The van der Waals surface area contributed by atoms with Gasteiger partial charge in [0.25, 0.3) is 0 Å². The third-order valence-corrected chi connectivity index (χ3v) is 2.66. The number of rotatable bonds is 5. The van der Waals surface area contributed by atoms with Crippen LogP contribution in [0.25, 0.3) is 0 Å². The summed E-state index contributed by atoms with van der Waals surface area (Å²) in [6.45, 7) is 9.08. The Hall–Kier alpha value is -0.530. The molecule has 0 amide bonds. The Morgan fingerprint density at radius 1 is 1.46 bits per heavy atom. The van der Waals surface area contributed by atoms with Gasteiger partial charge in [-0.15, -0.1) is 0 Å². The molecule has 0 aromatic rings. The van der Waals surface area contributed by atoms with Crippen molar-refractivity contribution in [2.24, 2.45) is 10.9 Å². The fourth-order valence-electron chi connectivity index (χ4n) is 1.61. The SMILES string of the molecule is CCCCCN1C=NC(C(C)C)C1. The first kappa shape index (κ1) is 10.6. The molecule has 76 valence electrons. The monoisotopic (exact) mass is 182 g/mol. The van der Waals surface area contributed by atoms with Gasteiger partial charge in [0.1, 0.15) is 0 Å². The van der Waals surface area contributed by atoms with Gasteiger partial charge in [0, 0.05) is 13.1 Å². The molecule has 1 heterocycles. The van der Waals surface area contributed by atoms with Gasteiger partial charge in [-0.3, -0.25) is 4.99 Å². The highest BCUT2D eigenvalue weighted by Crippen LogP contribution is 2.13. The van der Waals surface area contributed by atoms with Crippen LogP contribution in [0.5, 0.6) is 0 Å². The number of unbranched alkanes of at least 4 members (excludes halogenated alkanes) is 2. The lowest BCUT2D eigenvalue weighted by Gasteiger charge is -2.17. The lowest BCUT2D eigenvalue weighted by atomic mass is 10.1. The quantitative estimate of drug-likeness (QED) is 0.597. The smallest absolute Gasteiger partial charge is 0.0854 e. The van der Waals surface area contributed by atoms with Crippen LogP contribution in [0, 0.1) is 5.92 Å². The van der Waals surface area contributed by atoms with Crippen molar-refractivity contribution >= 4 is 6.34 Å². The molecule has 0 bridgehead atoms. The van der Waals surface area contributed by atoms with Crippen molar-refractivity contribution in [1.82, 2.24) is 4.90 Å². The molecule has 0 fully saturated rings. The first-order valence-electron chi connectivity index (χ1n) is 5.51. The van der Waals surface area contributed by atoms with E-state index in [1.165, 1.54) is 25.8 Å². The van der Waals surface area contributed by atoms with Crippen LogP contribution in [0.1, 0.15) is 40.0 Å². The molecule has 1 aliphatic heterocycles. The first-order chi connectivity index (χ1) is 6.24. The Kier molecular flexibility index (Phi) is 4.26. The highest BCUT2D eigenvalue weighted by Gasteiger charge is 2.19. The van der Waals surface area contributed by atoms with Crippen LogP contribution >= 0.6 is 0 Å². The molecule has 0 aromatic carbocycles. The minimum absolute atomic E-state index is 0.543. The molecule has 0 N–H and O–H groups in total. The molecule has 2 nitrogen and oxygen atoms in total. The predicted molar refractivity (Wildman–Crippen MR) is 58.2 cm³/mol. The second kappa shape index (κ2) is 5.25. The molecule has 13 heavy (non-hydrogen) atoms. The van der Waals surface area contributed by atoms with Crippen LogP contribution in [0.4, 0.5) is 0 Å². The summed E-state index contributed by atoms with van der Waals surface area (Å²) in [6.07, 6.45) is 6.00. The summed E-state index contributed by atoms with van der Waals surface area (Å²) in [4.78, 5) is 6.86. The van der Waals surface area contributed by atoms with E-state index in [1.807, 2.05) is 6.34 Å². The zero-order valence-corrected chi connectivity index (χ0v) is 9.16. The third-order valence-electron chi connectivity index (χ3n) is 2.66. The average molecular weight is 182 g/mol. The second-order valence-corrected chi connectivity index (χ2v) is 4.28. The fraction of sp³-hybridized carbons (Fsp3) is 0.909. The number of hydrogen-bond donors (Lipinski definition) is 0. The van der Waals surface area contributed by atoms with Crippen molar-refractivity contribution in [3.05, 3.63) is 0 Å². The molecule has 0 aromatic heterocycles. The van der Waals surface area contributed by atoms with E-state index in [1.54, 1.807) is 0 Å². The van der Waals surface area contributed by atoms with E-state index in [0.717, 1.165) is 6.54 Å². The van der Waals surface area contributed by atoms with Gasteiger partial charge in [-0.05, 0) is 12.3 Å². The number of hydrogen-bond acceptors (Lipinski definition) is 2. The molecule has 0 saturated heterocycles. The zero-order valence-electron chi connectivity index (χ0n) is 9.16. The molecular weight excluding hydrogens is 160 g/mol. The van der Waals surface area contributed by atoms with Gasteiger partial charge in [-0.1, -0.05) is 33.6 Å². The van der Waals surface area contributed by atoms with E-state index < -0.39 is 0 Å². The summed E-state index contributed by atoms with van der Waals surface area (Å²) in [5.41, 5.74) is 0. The van der Waals surface area contributed by atoms with Crippen LogP contribution < -0.4 is 0 Å². The summed E-state index contributed by atoms with van der Waals surface area (Å²) in [5, 5.41) is 0. The molecule has 0 aliphatic carbocycles. The first-order valence-corrected chi connectivity index (χ1v) is 5.51. The maximum atomic E-state index is 4.50. The van der Waals surface area contributed by atoms with E-state index in [0.29, 0.717) is 12.0 Å². The van der Waals surface area contributed by atoms with E-state index >= 15 is 0 Å². The van der Waals surface area contributed by atoms with E-state index in [4.69, 9.17) is 0 Å². The summed E-state index contributed by atoms with van der Waals surface area (Å²) < 4.78 is 0. The van der Waals surface area contributed by atoms with E-state index in [-0.39, 0.29) is 0 Å². The van der Waals surface area contributed by atoms with Gasteiger partial charge < -0.3 is 4.90 Å². The molecule has 0 spiro atoms. The summed E-state index contributed by atoms with van der Waals surface area (Å²) in [5.74, 6) is 0.687. The Balaban J connectivity index is 2.15. The van der Waals surface area contributed by atoms with Gasteiger partial charge in [0.05, 0.1) is 12.4 Å².